The molecular formula is C20H25ClN4S. The minimum atomic E-state index is 0. The molecule has 0 aliphatic carbocycles. The van der Waals surface area contributed by atoms with Gasteiger partial charge in [-0.1, -0.05) is 18.2 Å². The summed E-state index contributed by atoms with van der Waals surface area (Å²) in [6, 6.07) is 9.34. The summed E-state index contributed by atoms with van der Waals surface area (Å²) in [4.78, 5) is 11.0. The average molecular weight is 389 g/mol. The van der Waals surface area contributed by atoms with Gasteiger partial charge in [-0.3, -0.25) is 4.90 Å². The Balaban J connectivity index is 0.00000196. The number of nitrogens with one attached hydrogen (secondary N) is 1. The quantitative estimate of drug-likeness (QED) is 0.709. The summed E-state index contributed by atoms with van der Waals surface area (Å²) in [6.45, 7) is 4.15. The SMILES string of the molecule is Cl.c1ccc2c(CN(Cc3cncnc3)C3CCCNCC3)csc2c1. The molecule has 1 fully saturated rings. The maximum atomic E-state index is 4.20. The normalized spacial score (nSPS) is 17.8. The van der Waals surface area contributed by atoms with Crippen LogP contribution < -0.4 is 5.32 Å². The van der Waals surface area contributed by atoms with E-state index in [1.165, 1.54) is 40.5 Å². The molecular weight excluding hydrogens is 364 g/mol. The van der Waals surface area contributed by atoms with Gasteiger partial charge in [-0.25, -0.2) is 9.97 Å². The first kappa shape index (κ1) is 19.2. The molecule has 4 nitrogen and oxygen atoms in total. The van der Waals surface area contributed by atoms with Crippen molar-refractivity contribution in [1.29, 1.82) is 0 Å². The maximum Gasteiger partial charge on any atom is 0.115 e. The second-order valence-corrected chi connectivity index (χ2v) is 7.65. The van der Waals surface area contributed by atoms with Crippen molar-refractivity contribution in [2.24, 2.45) is 0 Å². The molecule has 26 heavy (non-hydrogen) atoms. The monoisotopic (exact) mass is 388 g/mol. The van der Waals surface area contributed by atoms with Crippen LogP contribution in [0, 0.1) is 0 Å². The van der Waals surface area contributed by atoms with E-state index >= 15 is 0 Å². The third kappa shape index (κ3) is 4.60. The number of thiophene rings is 1. The van der Waals surface area contributed by atoms with E-state index in [9.17, 15) is 0 Å². The van der Waals surface area contributed by atoms with E-state index in [1.54, 1.807) is 6.33 Å². The molecule has 0 amide bonds. The minimum Gasteiger partial charge on any atom is -0.317 e. The van der Waals surface area contributed by atoms with Gasteiger partial charge in [0.05, 0.1) is 0 Å². The summed E-state index contributed by atoms with van der Waals surface area (Å²) in [5.74, 6) is 0. The van der Waals surface area contributed by atoms with Crippen LogP contribution in [0.25, 0.3) is 10.1 Å². The van der Waals surface area contributed by atoms with Crippen LogP contribution in [0.5, 0.6) is 0 Å². The summed E-state index contributed by atoms with van der Waals surface area (Å²) in [5.41, 5.74) is 2.63. The predicted molar refractivity (Wildman–Crippen MR) is 111 cm³/mol. The second kappa shape index (κ2) is 9.42. The first-order valence-corrected chi connectivity index (χ1v) is 9.92. The van der Waals surface area contributed by atoms with Gasteiger partial charge >= 0.3 is 0 Å². The molecule has 0 spiro atoms. The number of hydrogen-bond acceptors (Lipinski definition) is 5. The maximum absolute atomic E-state index is 4.20. The summed E-state index contributed by atoms with van der Waals surface area (Å²) in [6.07, 6.45) is 9.20. The topological polar surface area (TPSA) is 41.1 Å². The Morgan fingerprint density at radius 2 is 1.92 bits per heavy atom. The third-order valence-electron chi connectivity index (χ3n) is 5.00. The molecule has 3 heterocycles. The lowest BCUT2D eigenvalue weighted by atomic mass is 10.0. The Bertz CT molecular complexity index is 800. The van der Waals surface area contributed by atoms with Crippen molar-refractivity contribution < 1.29 is 0 Å². The van der Waals surface area contributed by atoms with E-state index in [1.807, 2.05) is 23.7 Å². The Kier molecular flexibility index (Phi) is 6.97. The highest BCUT2D eigenvalue weighted by Crippen LogP contribution is 2.28. The van der Waals surface area contributed by atoms with Gasteiger partial charge < -0.3 is 5.32 Å². The van der Waals surface area contributed by atoms with Crippen molar-refractivity contribution in [1.82, 2.24) is 20.2 Å². The molecule has 1 saturated heterocycles. The van der Waals surface area contributed by atoms with E-state index in [0.717, 1.165) is 26.2 Å². The lowest BCUT2D eigenvalue weighted by Crippen LogP contribution is -2.35. The predicted octanol–water partition coefficient (Wildman–Crippen LogP) is 4.26. The number of halogens is 1. The Morgan fingerprint density at radius 1 is 1.08 bits per heavy atom. The van der Waals surface area contributed by atoms with Crippen molar-refractivity contribution in [3.05, 3.63) is 59.5 Å². The molecule has 1 aromatic carbocycles. The second-order valence-electron chi connectivity index (χ2n) is 6.74. The molecule has 0 saturated carbocycles. The van der Waals surface area contributed by atoms with Gasteiger partial charge in [0.25, 0.3) is 0 Å². The minimum absolute atomic E-state index is 0. The van der Waals surface area contributed by atoms with Gasteiger partial charge in [-0.15, -0.1) is 23.7 Å². The number of aromatic nitrogens is 2. The summed E-state index contributed by atoms with van der Waals surface area (Å²) >= 11 is 1.85. The largest absolute Gasteiger partial charge is 0.317 e. The van der Waals surface area contributed by atoms with Gasteiger partial charge in [0.2, 0.25) is 0 Å². The number of benzene rings is 1. The zero-order chi connectivity index (χ0) is 16.9. The van der Waals surface area contributed by atoms with Crippen molar-refractivity contribution >= 4 is 33.8 Å². The molecule has 6 heteroatoms. The molecule has 138 valence electrons. The van der Waals surface area contributed by atoms with Crippen LogP contribution in [0.4, 0.5) is 0 Å². The highest BCUT2D eigenvalue weighted by Gasteiger charge is 2.21. The lowest BCUT2D eigenvalue weighted by Gasteiger charge is -2.31. The molecule has 4 rings (SSSR count). The Hall–Kier alpha value is -1.53. The van der Waals surface area contributed by atoms with E-state index < -0.39 is 0 Å². The zero-order valence-electron chi connectivity index (χ0n) is 14.8. The smallest absolute Gasteiger partial charge is 0.115 e. The van der Waals surface area contributed by atoms with Crippen molar-refractivity contribution in [3.63, 3.8) is 0 Å². The molecule has 1 aliphatic heterocycles. The van der Waals surface area contributed by atoms with E-state index in [4.69, 9.17) is 0 Å². The number of hydrogen-bond donors (Lipinski definition) is 1. The fraction of sp³-hybridized carbons (Fsp3) is 0.400. The molecule has 1 atom stereocenters. The number of rotatable bonds is 5. The average Bonchev–Trinajstić information content (AvgIpc) is 2.88. The Labute approximate surface area is 165 Å². The van der Waals surface area contributed by atoms with E-state index in [2.05, 4.69) is 49.8 Å². The number of nitrogens with zero attached hydrogens (tertiary/aromatic N) is 3. The molecule has 2 aromatic heterocycles. The molecule has 1 aliphatic rings. The first-order chi connectivity index (χ1) is 12.4. The van der Waals surface area contributed by atoms with Crippen LogP contribution in [0.3, 0.4) is 0 Å². The van der Waals surface area contributed by atoms with Gasteiger partial charge in [-0.05, 0) is 54.7 Å². The van der Waals surface area contributed by atoms with Crippen LogP contribution in [0.1, 0.15) is 30.4 Å². The molecule has 1 unspecified atom stereocenters. The van der Waals surface area contributed by atoms with E-state index in [0.29, 0.717) is 6.04 Å². The van der Waals surface area contributed by atoms with Crippen molar-refractivity contribution in [2.45, 2.75) is 38.4 Å². The summed E-state index contributed by atoms with van der Waals surface area (Å²) < 4.78 is 1.38. The highest BCUT2D eigenvalue weighted by molar-refractivity contribution is 7.17. The van der Waals surface area contributed by atoms with Crippen molar-refractivity contribution in [3.8, 4) is 0 Å². The van der Waals surface area contributed by atoms with Crippen LogP contribution in [0.15, 0.2) is 48.4 Å². The van der Waals surface area contributed by atoms with Gasteiger partial charge in [0.1, 0.15) is 6.33 Å². The van der Waals surface area contributed by atoms with Crippen LogP contribution >= 0.6 is 23.7 Å². The zero-order valence-corrected chi connectivity index (χ0v) is 16.4. The van der Waals surface area contributed by atoms with Gasteiger partial charge in [-0.2, -0.15) is 0 Å². The fourth-order valence-corrected chi connectivity index (χ4v) is 4.65. The fourth-order valence-electron chi connectivity index (χ4n) is 3.70. The standard InChI is InChI=1S/C20H24N4S.ClH/c1-2-6-20-19(5-1)17(14-25-20)13-24(12-16-10-22-15-23-11-16)18-4-3-8-21-9-7-18;/h1-2,5-6,10-11,14-15,18,21H,3-4,7-9,12-13H2;1H. The van der Waals surface area contributed by atoms with Crippen LogP contribution in [-0.2, 0) is 13.1 Å². The summed E-state index contributed by atoms with van der Waals surface area (Å²) in [5, 5.41) is 7.26. The summed E-state index contributed by atoms with van der Waals surface area (Å²) in [7, 11) is 0. The molecule has 3 aromatic rings. The lowest BCUT2D eigenvalue weighted by molar-refractivity contribution is 0.164. The first-order valence-electron chi connectivity index (χ1n) is 9.04. The highest BCUT2D eigenvalue weighted by atomic mass is 35.5. The van der Waals surface area contributed by atoms with Gasteiger partial charge in [0.15, 0.2) is 0 Å². The van der Waals surface area contributed by atoms with E-state index in [-0.39, 0.29) is 12.4 Å². The molecule has 1 N–H and O–H groups in total. The molecule has 0 bridgehead atoms. The van der Waals surface area contributed by atoms with Crippen LogP contribution in [-0.4, -0.2) is 34.0 Å². The molecule has 0 radical (unpaired) electrons. The Morgan fingerprint density at radius 3 is 2.81 bits per heavy atom. The van der Waals surface area contributed by atoms with Crippen molar-refractivity contribution in [2.75, 3.05) is 13.1 Å². The van der Waals surface area contributed by atoms with Gasteiger partial charge in [0, 0.05) is 41.8 Å². The number of fused-ring (bicyclic) bond motifs is 1. The third-order valence-corrected chi connectivity index (χ3v) is 6.01. The van der Waals surface area contributed by atoms with Crippen LogP contribution in [0.2, 0.25) is 0 Å².